The Morgan fingerprint density at radius 3 is 2.42 bits per heavy atom. The lowest BCUT2D eigenvalue weighted by molar-refractivity contribution is 0.291. The fourth-order valence-corrected chi connectivity index (χ4v) is 2.80. The molecule has 0 aromatic heterocycles. The van der Waals surface area contributed by atoms with E-state index in [0.717, 1.165) is 24.8 Å². The highest BCUT2D eigenvalue weighted by molar-refractivity contribution is 4.88. The number of alkyl halides is 1. The summed E-state index contributed by atoms with van der Waals surface area (Å²) in [5.74, 6) is 1.93. The second-order valence-corrected chi connectivity index (χ2v) is 4.25. The number of rotatable bonds is 3. The van der Waals surface area contributed by atoms with Crippen molar-refractivity contribution in [2.45, 2.75) is 25.7 Å². The van der Waals surface area contributed by atoms with Crippen LogP contribution in [0.1, 0.15) is 25.7 Å². The van der Waals surface area contributed by atoms with Crippen LogP contribution < -0.4 is 0 Å². The Kier molecular flexibility index (Phi) is 2.64. The summed E-state index contributed by atoms with van der Waals surface area (Å²) in [7, 11) is 0. The Morgan fingerprint density at radius 2 is 1.83 bits per heavy atom. The minimum absolute atomic E-state index is 0.147. The third kappa shape index (κ3) is 1.63. The lowest BCUT2D eigenvalue weighted by Gasteiger charge is -2.14. The van der Waals surface area contributed by atoms with Crippen molar-refractivity contribution in [3.8, 4) is 0 Å². The quantitative estimate of drug-likeness (QED) is 0.628. The number of hydrogen-bond donors (Lipinski definition) is 0. The first-order valence-corrected chi connectivity index (χ1v) is 5.18. The molecule has 0 aromatic rings. The molecule has 1 aliphatic carbocycles. The fourth-order valence-electron chi connectivity index (χ4n) is 2.80. The van der Waals surface area contributed by atoms with E-state index in [1.807, 2.05) is 0 Å². The summed E-state index contributed by atoms with van der Waals surface area (Å²) in [4.78, 5) is 2.45. The van der Waals surface area contributed by atoms with Crippen LogP contribution in [0, 0.1) is 11.8 Å². The second kappa shape index (κ2) is 3.73. The van der Waals surface area contributed by atoms with Crippen LogP contribution in [0.25, 0.3) is 0 Å². The zero-order valence-corrected chi connectivity index (χ0v) is 7.64. The topological polar surface area (TPSA) is 3.24 Å². The van der Waals surface area contributed by atoms with Gasteiger partial charge in [-0.15, -0.1) is 0 Å². The lowest BCUT2D eigenvalue weighted by atomic mass is 10.0. The molecule has 0 spiro atoms. The molecule has 1 saturated carbocycles. The van der Waals surface area contributed by atoms with Crippen LogP contribution in [-0.4, -0.2) is 31.2 Å². The van der Waals surface area contributed by atoms with Crippen LogP contribution in [-0.2, 0) is 0 Å². The number of fused-ring (bicyclic) bond motifs is 1. The summed E-state index contributed by atoms with van der Waals surface area (Å²) in [6, 6.07) is 0. The van der Waals surface area contributed by atoms with Crippen molar-refractivity contribution in [3.05, 3.63) is 0 Å². The molecule has 1 nitrogen and oxygen atoms in total. The van der Waals surface area contributed by atoms with E-state index in [4.69, 9.17) is 0 Å². The Labute approximate surface area is 73.9 Å². The van der Waals surface area contributed by atoms with E-state index in [9.17, 15) is 4.39 Å². The molecule has 2 rings (SSSR count). The van der Waals surface area contributed by atoms with Gasteiger partial charge in [0.1, 0.15) is 0 Å². The van der Waals surface area contributed by atoms with Gasteiger partial charge in [-0.05, 0) is 31.1 Å². The number of nitrogens with zero attached hydrogens (tertiary/aromatic N) is 1. The SMILES string of the molecule is FCCCN1CC2CCCC2C1. The summed E-state index contributed by atoms with van der Waals surface area (Å²) in [6.07, 6.45) is 5.03. The highest BCUT2D eigenvalue weighted by atomic mass is 19.1. The van der Waals surface area contributed by atoms with Gasteiger partial charge in [0.05, 0.1) is 6.67 Å². The summed E-state index contributed by atoms with van der Waals surface area (Å²) in [5, 5.41) is 0. The van der Waals surface area contributed by atoms with Gasteiger partial charge in [-0.1, -0.05) is 6.42 Å². The third-order valence-electron chi connectivity index (χ3n) is 3.41. The van der Waals surface area contributed by atoms with E-state index < -0.39 is 0 Å². The maximum Gasteiger partial charge on any atom is 0.0906 e. The van der Waals surface area contributed by atoms with E-state index in [1.54, 1.807) is 0 Å². The maximum absolute atomic E-state index is 11.9. The summed E-state index contributed by atoms with van der Waals surface area (Å²) in [5.41, 5.74) is 0. The molecule has 2 aliphatic rings. The molecule has 2 fully saturated rings. The van der Waals surface area contributed by atoms with Crippen molar-refractivity contribution >= 4 is 0 Å². The molecular weight excluding hydrogens is 153 g/mol. The van der Waals surface area contributed by atoms with E-state index in [1.165, 1.54) is 32.4 Å². The van der Waals surface area contributed by atoms with E-state index in [2.05, 4.69) is 4.90 Å². The largest absolute Gasteiger partial charge is 0.303 e. The van der Waals surface area contributed by atoms with Crippen molar-refractivity contribution in [2.75, 3.05) is 26.3 Å². The lowest BCUT2D eigenvalue weighted by Crippen LogP contribution is -2.23. The van der Waals surface area contributed by atoms with Crippen molar-refractivity contribution in [2.24, 2.45) is 11.8 Å². The van der Waals surface area contributed by atoms with Crippen LogP contribution in [0.4, 0.5) is 4.39 Å². The Balaban J connectivity index is 1.75. The molecule has 1 aliphatic heterocycles. The van der Waals surface area contributed by atoms with Crippen LogP contribution in [0.3, 0.4) is 0 Å². The molecule has 2 atom stereocenters. The molecule has 0 N–H and O–H groups in total. The van der Waals surface area contributed by atoms with Gasteiger partial charge in [-0.25, -0.2) is 0 Å². The van der Waals surface area contributed by atoms with Gasteiger partial charge >= 0.3 is 0 Å². The molecule has 1 saturated heterocycles. The third-order valence-corrected chi connectivity index (χ3v) is 3.41. The van der Waals surface area contributed by atoms with Crippen LogP contribution in [0.15, 0.2) is 0 Å². The fraction of sp³-hybridized carbons (Fsp3) is 1.00. The van der Waals surface area contributed by atoms with Gasteiger partial charge in [-0.3, -0.25) is 4.39 Å². The predicted molar refractivity (Wildman–Crippen MR) is 47.9 cm³/mol. The molecule has 70 valence electrons. The molecular formula is C10H18FN. The van der Waals surface area contributed by atoms with Crippen molar-refractivity contribution in [3.63, 3.8) is 0 Å². The summed E-state index contributed by atoms with van der Waals surface area (Å²) in [6.45, 7) is 3.35. The highest BCUT2D eigenvalue weighted by Gasteiger charge is 2.35. The van der Waals surface area contributed by atoms with Crippen LogP contribution >= 0.6 is 0 Å². The number of likely N-dealkylation sites (tertiary alicyclic amines) is 1. The number of halogens is 1. The molecule has 12 heavy (non-hydrogen) atoms. The van der Waals surface area contributed by atoms with Crippen LogP contribution in [0.5, 0.6) is 0 Å². The highest BCUT2D eigenvalue weighted by Crippen LogP contribution is 2.37. The molecule has 0 radical (unpaired) electrons. The van der Waals surface area contributed by atoms with Gasteiger partial charge in [0.15, 0.2) is 0 Å². The van der Waals surface area contributed by atoms with Gasteiger partial charge in [-0.2, -0.15) is 0 Å². The first kappa shape index (κ1) is 8.49. The maximum atomic E-state index is 11.9. The summed E-state index contributed by atoms with van der Waals surface area (Å²) < 4.78 is 11.9. The summed E-state index contributed by atoms with van der Waals surface area (Å²) >= 11 is 0. The van der Waals surface area contributed by atoms with E-state index in [0.29, 0.717) is 0 Å². The normalized spacial score (nSPS) is 35.8. The monoisotopic (exact) mass is 171 g/mol. The van der Waals surface area contributed by atoms with Gasteiger partial charge < -0.3 is 4.90 Å². The van der Waals surface area contributed by atoms with E-state index >= 15 is 0 Å². The van der Waals surface area contributed by atoms with Gasteiger partial charge in [0, 0.05) is 19.6 Å². The molecule has 2 unspecified atom stereocenters. The Bertz CT molecular complexity index is 137. The molecule has 0 aromatic carbocycles. The Hall–Kier alpha value is -0.110. The minimum atomic E-state index is -0.147. The zero-order valence-electron chi connectivity index (χ0n) is 7.64. The van der Waals surface area contributed by atoms with Crippen molar-refractivity contribution < 1.29 is 4.39 Å². The first-order valence-electron chi connectivity index (χ1n) is 5.18. The molecule has 2 heteroatoms. The molecule has 1 heterocycles. The predicted octanol–water partition coefficient (Wildman–Crippen LogP) is 2.08. The van der Waals surface area contributed by atoms with Crippen LogP contribution in [0.2, 0.25) is 0 Å². The zero-order chi connectivity index (χ0) is 8.39. The van der Waals surface area contributed by atoms with Gasteiger partial charge in [0.2, 0.25) is 0 Å². The van der Waals surface area contributed by atoms with Gasteiger partial charge in [0.25, 0.3) is 0 Å². The standard InChI is InChI=1S/C10H18FN/c11-5-2-6-12-7-9-3-1-4-10(9)8-12/h9-10H,1-8H2. The van der Waals surface area contributed by atoms with Crippen molar-refractivity contribution in [1.82, 2.24) is 4.90 Å². The Morgan fingerprint density at radius 1 is 1.17 bits per heavy atom. The van der Waals surface area contributed by atoms with Crippen molar-refractivity contribution in [1.29, 1.82) is 0 Å². The minimum Gasteiger partial charge on any atom is -0.303 e. The average molecular weight is 171 g/mol. The first-order chi connectivity index (χ1) is 5.90. The molecule has 0 bridgehead atoms. The molecule has 0 amide bonds. The second-order valence-electron chi connectivity index (χ2n) is 4.25. The number of hydrogen-bond acceptors (Lipinski definition) is 1. The van der Waals surface area contributed by atoms with E-state index in [-0.39, 0.29) is 6.67 Å². The average Bonchev–Trinajstić information content (AvgIpc) is 2.58. The smallest absolute Gasteiger partial charge is 0.0906 e.